The van der Waals surface area contributed by atoms with Gasteiger partial charge in [0.25, 0.3) is 0 Å². The Morgan fingerprint density at radius 2 is 1.78 bits per heavy atom. The summed E-state index contributed by atoms with van der Waals surface area (Å²) in [6.07, 6.45) is 3.97. The van der Waals surface area contributed by atoms with Crippen molar-refractivity contribution in [2.45, 2.75) is 37.6 Å². The van der Waals surface area contributed by atoms with E-state index in [2.05, 4.69) is 0 Å². The maximum absolute atomic E-state index is 13.9. The number of hydrogen-bond acceptors (Lipinski definition) is 2. The van der Waals surface area contributed by atoms with Crippen LogP contribution in [0.3, 0.4) is 0 Å². The molecule has 0 saturated heterocycles. The molecule has 3 N–H and O–H groups in total. The Morgan fingerprint density at radius 3 is 2.33 bits per heavy atom. The summed E-state index contributed by atoms with van der Waals surface area (Å²) in [6, 6.07) is 2.38. The van der Waals surface area contributed by atoms with Gasteiger partial charge in [-0.3, -0.25) is 0 Å². The minimum absolute atomic E-state index is 0.0877. The molecule has 0 heterocycles. The largest absolute Gasteiger partial charge is 0.478 e. The average Bonchev–Trinajstić information content (AvgIpc) is 2.32. The SMILES string of the molecule is NC1(c2ccc(C(=O)O)c(F)c2F)CCCCC1. The number of halogens is 2. The number of aromatic carboxylic acids is 1. The monoisotopic (exact) mass is 255 g/mol. The number of carboxylic acids is 1. The number of hydrogen-bond donors (Lipinski definition) is 2. The molecule has 0 atom stereocenters. The van der Waals surface area contributed by atoms with Gasteiger partial charge in [0.2, 0.25) is 0 Å². The number of benzene rings is 1. The highest BCUT2D eigenvalue weighted by Gasteiger charge is 2.34. The van der Waals surface area contributed by atoms with Crippen molar-refractivity contribution in [3.8, 4) is 0 Å². The van der Waals surface area contributed by atoms with Crippen molar-refractivity contribution in [3.63, 3.8) is 0 Å². The van der Waals surface area contributed by atoms with Crippen molar-refractivity contribution in [2.24, 2.45) is 5.73 Å². The Bertz CT molecular complexity index is 482. The molecule has 1 aromatic rings. The molecule has 1 aliphatic carbocycles. The summed E-state index contributed by atoms with van der Waals surface area (Å²) in [5.41, 5.74) is 4.68. The standard InChI is InChI=1S/C13H15F2NO2/c14-10-8(12(17)18)4-5-9(11(10)15)13(16)6-2-1-3-7-13/h4-5H,1-3,6-7,16H2,(H,17,18). The third kappa shape index (κ3) is 2.10. The Morgan fingerprint density at radius 1 is 1.17 bits per heavy atom. The first kappa shape index (κ1) is 13.0. The van der Waals surface area contributed by atoms with Gasteiger partial charge in [-0.2, -0.15) is 0 Å². The highest BCUT2D eigenvalue weighted by atomic mass is 19.2. The molecule has 18 heavy (non-hydrogen) atoms. The molecule has 5 heteroatoms. The quantitative estimate of drug-likeness (QED) is 0.854. The van der Waals surface area contributed by atoms with Gasteiger partial charge in [-0.1, -0.05) is 25.3 Å². The van der Waals surface area contributed by atoms with E-state index in [-0.39, 0.29) is 5.56 Å². The van der Waals surface area contributed by atoms with Crippen LogP contribution < -0.4 is 5.73 Å². The predicted octanol–water partition coefficient (Wildman–Crippen LogP) is 2.78. The van der Waals surface area contributed by atoms with Gasteiger partial charge >= 0.3 is 5.97 Å². The first-order valence-corrected chi connectivity index (χ1v) is 5.96. The lowest BCUT2D eigenvalue weighted by Crippen LogP contribution is -2.39. The molecule has 0 bridgehead atoms. The van der Waals surface area contributed by atoms with Gasteiger partial charge in [-0.05, 0) is 18.9 Å². The topological polar surface area (TPSA) is 63.3 Å². The van der Waals surface area contributed by atoms with Gasteiger partial charge < -0.3 is 10.8 Å². The number of carboxylic acid groups (broad SMARTS) is 1. The fraction of sp³-hybridized carbons (Fsp3) is 0.462. The number of carbonyl (C=O) groups is 1. The minimum Gasteiger partial charge on any atom is -0.478 e. The molecule has 0 spiro atoms. The van der Waals surface area contributed by atoms with Gasteiger partial charge in [0.1, 0.15) is 0 Å². The molecule has 1 fully saturated rings. The van der Waals surface area contributed by atoms with Crippen LogP contribution in [0.15, 0.2) is 12.1 Å². The Kier molecular flexibility index (Phi) is 3.34. The number of nitrogens with two attached hydrogens (primary N) is 1. The average molecular weight is 255 g/mol. The van der Waals surface area contributed by atoms with E-state index in [9.17, 15) is 13.6 Å². The molecule has 2 rings (SSSR count). The summed E-state index contributed by atoms with van der Waals surface area (Å²) in [5, 5.41) is 8.72. The fourth-order valence-corrected chi connectivity index (χ4v) is 2.55. The highest BCUT2D eigenvalue weighted by molar-refractivity contribution is 5.88. The third-order valence-corrected chi connectivity index (χ3v) is 3.59. The molecule has 0 aromatic heterocycles. The van der Waals surface area contributed by atoms with E-state index in [0.717, 1.165) is 25.3 Å². The van der Waals surface area contributed by atoms with Crippen LogP contribution in [-0.2, 0) is 5.54 Å². The van der Waals surface area contributed by atoms with Gasteiger partial charge in [0, 0.05) is 11.1 Å². The van der Waals surface area contributed by atoms with Crippen molar-refractivity contribution < 1.29 is 18.7 Å². The van der Waals surface area contributed by atoms with Gasteiger partial charge in [0.15, 0.2) is 11.6 Å². The molecular weight excluding hydrogens is 240 g/mol. The van der Waals surface area contributed by atoms with Crippen LogP contribution in [0.4, 0.5) is 8.78 Å². The molecule has 1 aromatic carbocycles. The van der Waals surface area contributed by atoms with E-state index in [1.165, 1.54) is 6.07 Å². The molecule has 0 radical (unpaired) electrons. The molecule has 98 valence electrons. The normalized spacial score (nSPS) is 18.6. The Labute approximate surface area is 104 Å². The second-order valence-electron chi connectivity index (χ2n) is 4.81. The smallest absolute Gasteiger partial charge is 0.338 e. The first-order chi connectivity index (χ1) is 8.46. The van der Waals surface area contributed by atoms with Crippen LogP contribution in [0.5, 0.6) is 0 Å². The maximum atomic E-state index is 13.9. The van der Waals surface area contributed by atoms with Crippen LogP contribution in [-0.4, -0.2) is 11.1 Å². The Hall–Kier alpha value is -1.49. The van der Waals surface area contributed by atoms with E-state index in [4.69, 9.17) is 10.8 Å². The van der Waals surface area contributed by atoms with E-state index in [0.29, 0.717) is 12.8 Å². The van der Waals surface area contributed by atoms with Crippen molar-refractivity contribution in [1.82, 2.24) is 0 Å². The van der Waals surface area contributed by atoms with Crippen LogP contribution in [0, 0.1) is 11.6 Å². The van der Waals surface area contributed by atoms with Crippen molar-refractivity contribution >= 4 is 5.97 Å². The molecule has 1 saturated carbocycles. The minimum atomic E-state index is -1.48. The summed E-state index contributed by atoms with van der Waals surface area (Å²) in [4.78, 5) is 10.7. The van der Waals surface area contributed by atoms with E-state index >= 15 is 0 Å². The summed E-state index contributed by atoms with van der Waals surface area (Å²) in [5.74, 6) is -3.93. The molecule has 0 aliphatic heterocycles. The second kappa shape index (κ2) is 4.65. The zero-order valence-corrected chi connectivity index (χ0v) is 9.88. The summed E-state index contributed by atoms with van der Waals surface area (Å²) in [6.45, 7) is 0. The lowest BCUT2D eigenvalue weighted by Gasteiger charge is -2.34. The van der Waals surface area contributed by atoms with E-state index in [1.54, 1.807) is 0 Å². The lowest BCUT2D eigenvalue weighted by atomic mass is 9.77. The summed E-state index contributed by atoms with van der Waals surface area (Å²) >= 11 is 0. The maximum Gasteiger partial charge on any atom is 0.338 e. The summed E-state index contributed by atoms with van der Waals surface area (Å²) in [7, 11) is 0. The molecule has 0 amide bonds. The number of rotatable bonds is 2. The van der Waals surface area contributed by atoms with Crippen molar-refractivity contribution in [3.05, 3.63) is 34.9 Å². The molecular formula is C13H15F2NO2. The van der Waals surface area contributed by atoms with Crippen molar-refractivity contribution in [2.75, 3.05) is 0 Å². The van der Waals surface area contributed by atoms with Crippen molar-refractivity contribution in [1.29, 1.82) is 0 Å². The fourth-order valence-electron chi connectivity index (χ4n) is 2.55. The zero-order valence-electron chi connectivity index (χ0n) is 9.88. The molecule has 3 nitrogen and oxygen atoms in total. The van der Waals surface area contributed by atoms with Crippen LogP contribution in [0.25, 0.3) is 0 Å². The second-order valence-corrected chi connectivity index (χ2v) is 4.81. The molecule has 0 unspecified atom stereocenters. The lowest BCUT2D eigenvalue weighted by molar-refractivity contribution is 0.0690. The van der Waals surface area contributed by atoms with Crippen LogP contribution >= 0.6 is 0 Å². The zero-order chi connectivity index (χ0) is 13.3. The van der Waals surface area contributed by atoms with Crippen LogP contribution in [0.2, 0.25) is 0 Å². The molecule has 1 aliphatic rings. The highest BCUT2D eigenvalue weighted by Crippen LogP contribution is 2.36. The van der Waals surface area contributed by atoms with Gasteiger partial charge in [-0.15, -0.1) is 0 Å². The third-order valence-electron chi connectivity index (χ3n) is 3.59. The van der Waals surface area contributed by atoms with Crippen LogP contribution in [0.1, 0.15) is 48.0 Å². The van der Waals surface area contributed by atoms with Gasteiger partial charge in [0.05, 0.1) is 5.56 Å². The summed E-state index contributed by atoms with van der Waals surface area (Å²) < 4.78 is 27.6. The van der Waals surface area contributed by atoms with E-state index < -0.39 is 28.7 Å². The van der Waals surface area contributed by atoms with Gasteiger partial charge in [-0.25, -0.2) is 13.6 Å². The van der Waals surface area contributed by atoms with E-state index in [1.807, 2.05) is 0 Å². The predicted molar refractivity (Wildman–Crippen MR) is 62.3 cm³/mol. The Balaban J connectivity index is 2.46. The first-order valence-electron chi connectivity index (χ1n) is 5.96.